The van der Waals surface area contributed by atoms with E-state index in [4.69, 9.17) is 4.99 Å². The predicted octanol–water partition coefficient (Wildman–Crippen LogP) is 6.83. The SMILES string of the molecule is Cc1ccc2c(c1)NC(C)(C)c1ssc(=Nc3cccc4ccccc34)c1-2. The lowest BCUT2D eigenvalue weighted by Crippen LogP contribution is -2.31. The van der Waals surface area contributed by atoms with Crippen molar-refractivity contribution in [1.29, 1.82) is 0 Å². The highest BCUT2D eigenvalue weighted by molar-refractivity contribution is 7.68. The van der Waals surface area contributed by atoms with Crippen LogP contribution in [0.3, 0.4) is 0 Å². The Morgan fingerprint density at radius 1 is 0.926 bits per heavy atom. The molecule has 0 amide bonds. The second-order valence-corrected chi connectivity index (χ2v) is 9.71. The van der Waals surface area contributed by atoms with Gasteiger partial charge in [-0.2, -0.15) is 0 Å². The number of nitrogens with zero attached hydrogens (tertiary/aromatic N) is 1. The van der Waals surface area contributed by atoms with Crippen LogP contribution in [0, 0.1) is 6.92 Å². The fourth-order valence-corrected chi connectivity index (χ4v) is 6.71. The highest BCUT2D eigenvalue weighted by Crippen LogP contribution is 2.45. The normalized spacial score (nSPS) is 15.3. The van der Waals surface area contributed by atoms with E-state index >= 15 is 0 Å². The minimum Gasteiger partial charge on any atom is -0.375 e. The zero-order valence-electron chi connectivity index (χ0n) is 15.5. The van der Waals surface area contributed by atoms with Gasteiger partial charge in [-0.25, -0.2) is 4.99 Å². The van der Waals surface area contributed by atoms with Gasteiger partial charge >= 0.3 is 0 Å². The van der Waals surface area contributed by atoms with E-state index in [1.165, 1.54) is 38.0 Å². The first-order valence-corrected chi connectivity index (χ1v) is 11.2. The van der Waals surface area contributed by atoms with E-state index in [1.54, 1.807) is 10.3 Å². The quantitative estimate of drug-likeness (QED) is 0.355. The van der Waals surface area contributed by atoms with E-state index in [-0.39, 0.29) is 5.54 Å². The summed E-state index contributed by atoms with van der Waals surface area (Å²) in [6, 6.07) is 21.5. The zero-order chi connectivity index (χ0) is 18.6. The van der Waals surface area contributed by atoms with Gasteiger partial charge in [0.15, 0.2) is 0 Å². The molecular weight excluding hydrogens is 368 g/mol. The fraction of sp³-hybridized carbons (Fsp3) is 0.174. The Bertz CT molecular complexity index is 1240. The molecule has 0 unspecified atom stereocenters. The molecule has 0 atom stereocenters. The van der Waals surface area contributed by atoms with Crippen LogP contribution in [0.15, 0.2) is 65.7 Å². The van der Waals surface area contributed by atoms with Gasteiger partial charge in [0.1, 0.15) is 4.67 Å². The lowest BCUT2D eigenvalue weighted by molar-refractivity contribution is 0.619. The second kappa shape index (κ2) is 6.04. The van der Waals surface area contributed by atoms with Crippen LogP contribution in [0.4, 0.5) is 11.4 Å². The highest BCUT2D eigenvalue weighted by Gasteiger charge is 2.33. The molecule has 1 aliphatic rings. The summed E-state index contributed by atoms with van der Waals surface area (Å²) >= 11 is 0. The lowest BCUT2D eigenvalue weighted by Gasteiger charge is -2.33. The van der Waals surface area contributed by atoms with Crippen molar-refractivity contribution in [1.82, 2.24) is 0 Å². The first kappa shape index (κ1) is 16.7. The van der Waals surface area contributed by atoms with Gasteiger partial charge in [-0.05, 0) is 43.9 Å². The average molecular weight is 389 g/mol. The molecule has 4 aromatic rings. The molecular formula is C23H20N2S2. The van der Waals surface area contributed by atoms with E-state index in [2.05, 4.69) is 86.8 Å². The summed E-state index contributed by atoms with van der Waals surface area (Å²) in [5.41, 5.74) is 5.96. The first-order valence-electron chi connectivity index (χ1n) is 9.08. The van der Waals surface area contributed by atoms with Crippen LogP contribution in [0.2, 0.25) is 0 Å². The van der Waals surface area contributed by atoms with Crippen LogP contribution < -0.4 is 9.99 Å². The molecule has 0 bridgehead atoms. The Balaban J connectivity index is 1.80. The van der Waals surface area contributed by atoms with Crippen molar-refractivity contribution in [3.63, 3.8) is 0 Å². The molecule has 1 aliphatic heterocycles. The summed E-state index contributed by atoms with van der Waals surface area (Å²) in [5.74, 6) is 0. The molecule has 2 heterocycles. The molecule has 1 aromatic heterocycles. The van der Waals surface area contributed by atoms with Gasteiger partial charge < -0.3 is 5.32 Å². The zero-order valence-corrected chi connectivity index (χ0v) is 17.2. The average Bonchev–Trinajstić information content (AvgIpc) is 3.06. The Labute approximate surface area is 166 Å². The largest absolute Gasteiger partial charge is 0.375 e. The number of hydrogen-bond acceptors (Lipinski definition) is 4. The monoisotopic (exact) mass is 388 g/mol. The van der Waals surface area contributed by atoms with Crippen molar-refractivity contribution in [3.8, 4) is 11.1 Å². The summed E-state index contributed by atoms with van der Waals surface area (Å²) in [4.78, 5) is 6.49. The highest BCUT2D eigenvalue weighted by atomic mass is 32.9. The summed E-state index contributed by atoms with van der Waals surface area (Å²) in [5, 5.41) is 6.14. The molecule has 1 N–H and O–H groups in total. The molecule has 134 valence electrons. The molecule has 3 aromatic carbocycles. The summed E-state index contributed by atoms with van der Waals surface area (Å²) in [7, 11) is 3.61. The third-order valence-electron chi connectivity index (χ3n) is 5.09. The molecule has 0 saturated heterocycles. The Morgan fingerprint density at radius 2 is 1.74 bits per heavy atom. The fourth-order valence-electron chi connectivity index (χ4n) is 3.78. The molecule has 4 heteroatoms. The summed E-state index contributed by atoms with van der Waals surface area (Å²) < 4.78 is 1.10. The third-order valence-corrected chi connectivity index (χ3v) is 7.73. The number of anilines is 1. The number of nitrogens with one attached hydrogen (secondary N) is 1. The molecule has 0 aliphatic carbocycles. The van der Waals surface area contributed by atoms with Crippen molar-refractivity contribution in [2.45, 2.75) is 26.3 Å². The van der Waals surface area contributed by atoms with Crippen LogP contribution in [-0.4, -0.2) is 0 Å². The van der Waals surface area contributed by atoms with Crippen molar-refractivity contribution in [2.75, 3.05) is 5.32 Å². The Kier molecular flexibility index (Phi) is 3.74. The van der Waals surface area contributed by atoms with Gasteiger partial charge in [-0.3, -0.25) is 0 Å². The minimum absolute atomic E-state index is 0.0934. The van der Waals surface area contributed by atoms with Crippen molar-refractivity contribution >= 4 is 42.8 Å². The number of aryl methyl sites for hydroxylation is 1. The standard InChI is InChI=1S/C23H20N2S2/c1-14-11-12-17-19(13-14)25-23(2,3)21-20(17)22(27-26-21)24-18-10-6-8-15-7-4-5-9-16(15)18/h4-13,25H,1-3H3. The van der Waals surface area contributed by atoms with Crippen molar-refractivity contribution in [2.24, 2.45) is 4.99 Å². The van der Waals surface area contributed by atoms with E-state index < -0.39 is 0 Å². The number of hydrogen-bond donors (Lipinski definition) is 1. The van der Waals surface area contributed by atoms with Crippen LogP contribution in [-0.2, 0) is 5.54 Å². The number of benzene rings is 3. The van der Waals surface area contributed by atoms with Gasteiger partial charge in [0.25, 0.3) is 0 Å². The van der Waals surface area contributed by atoms with Crippen molar-refractivity contribution in [3.05, 3.63) is 75.8 Å². The molecule has 0 fully saturated rings. The molecule has 2 nitrogen and oxygen atoms in total. The van der Waals surface area contributed by atoms with Crippen LogP contribution in [0.5, 0.6) is 0 Å². The maximum atomic E-state index is 5.13. The second-order valence-electron chi connectivity index (χ2n) is 7.59. The molecule has 0 spiro atoms. The summed E-state index contributed by atoms with van der Waals surface area (Å²) in [6.07, 6.45) is 0. The topological polar surface area (TPSA) is 24.4 Å². The van der Waals surface area contributed by atoms with Gasteiger partial charge in [-0.1, -0.05) is 69.2 Å². The maximum Gasteiger partial charge on any atom is 0.135 e. The predicted molar refractivity (Wildman–Crippen MR) is 118 cm³/mol. The van der Waals surface area contributed by atoms with E-state index in [9.17, 15) is 0 Å². The third kappa shape index (κ3) is 2.71. The van der Waals surface area contributed by atoms with Gasteiger partial charge in [0.2, 0.25) is 0 Å². The molecule has 0 saturated carbocycles. The minimum atomic E-state index is -0.0934. The van der Waals surface area contributed by atoms with Crippen LogP contribution >= 0.6 is 20.7 Å². The van der Waals surface area contributed by atoms with Gasteiger partial charge in [0.05, 0.1) is 16.1 Å². The smallest absolute Gasteiger partial charge is 0.135 e. The first-order chi connectivity index (χ1) is 13.0. The maximum absolute atomic E-state index is 5.13. The Morgan fingerprint density at radius 3 is 2.63 bits per heavy atom. The van der Waals surface area contributed by atoms with Crippen LogP contribution in [0.1, 0.15) is 24.3 Å². The van der Waals surface area contributed by atoms with Crippen molar-refractivity contribution < 1.29 is 0 Å². The number of fused-ring (bicyclic) bond motifs is 4. The van der Waals surface area contributed by atoms with E-state index in [0.29, 0.717) is 0 Å². The van der Waals surface area contributed by atoms with Gasteiger partial charge in [-0.15, -0.1) is 0 Å². The van der Waals surface area contributed by atoms with E-state index in [0.717, 1.165) is 10.4 Å². The molecule has 27 heavy (non-hydrogen) atoms. The van der Waals surface area contributed by atoms with Crippen LogP contribution in [0.25, 0.3) is 21.9 Å². The van der Waals surface area contributed by atoms with Gasteiger partial charge in [0, 0.05) is 22.2 Å². The molecule has 0 radical (unpaired) electrons. The Hall–Kier alpha value is -2.43. The number of rotatable bonds is 1. The lowest BCUT2D eigenvalue weighted by atomic mass is 9.89. The summed E-state index contributed by atoms with van der Waals surface area (Å²) in [6.45, 7) is 6.64. The van der Waals surface area contributed by atoms with E-state index in [1.807, 2.05) is 10.3 Å². The molecule has 5 rings (SSSR count).